The van der Waals surface area contributed by atoms with E-state index in [0.717, 1.165) is 19.3 Å². The molecule has 90 valence electrons. The molecule has 3 nitrogen and oxygen atoms in total. The topological polar surface area (TPSA) is 46.7 Å². The first kappa shape index (κ1) is 10.1. The van der Waals surface area contributed by atoms with E-state index in [-0.39, 0.29) is 12.2 Å². The van der Waals surface area contributed by atoms with Crippen molar-refractivity contribution in [2.45, 2.75) is 41.1 Å². The lowest BCUT2D eigenvalue weighted by Gasteiger charge is -2.19. The summed E-state index contributed by atoms with van der Waals surface area (Å²) in [6.07, 6.45) is 3.04. The van der Waals surface area contributed by atoms with E-state index in [1.807, 2.05) is 6.07 Å². The third kappa shape index (κ3) is 1.13. The molecule has 2 aliphatic carbocycles. The first-order valence-corrected chi connectivity index (χ1v) is 7.60. The van der Waals surface area contributed by atoms with Gasteiger partial charge in [-0.3, -0.25) is 0 Å². The van der Waals surface area contributed by atoms with Gasteiger partial charge in [0.25, 0.3) is 0 Å². The van der Waals surface area contributed by atoms with Gasteiger partial charge in [0.15, 0.2) is 9.84 Å². The second-order valence-corrected chi connectivity index (χ2v) is 7.58. The van der Waals surface area contributed by atoms with Crippen LogP contribution < -0.4 is 0 Å². The van der Waals surface area contributed by atoms with Crippen LogP contribution in [0.1, 0.15) is 19.3 Å². The first-order chi connectivity index (χ1) is 8.16. The molecule has 1 aromatic carbocycles. The number of hydrogen-bond acceptors (Lipinski definition) is 3. The Morgan fingerprint density at radius 3 is 2.71 bits per heavy atom. The fraction of sp³-hybridized carbons (Fsp3) is 0.538. The Hall–Kier alpha value is -0.870. The lowest BCUT2D eigenvalue weighted by atomic mass is 10.0. The molecule has 0 aromatic heterocycles. The number of ether oxygens (including phenoxy) is 1. The second kappa shape index (κ2) is 2.93. The van der Waals surface area contributed by atoms with Gasteiger partial charge in [-0.15, -0.1) is 0 Å². The van der Waals surface area contributed by atoms with Gasteiger partial charge in [0, 0.05) is 0 Å². The van der Waals surface area contributed by atoms with Crippen molar-refractivity contribution in [3.63, 3.8) is 0 Å². The lowest BCUT2D eigenvalue weighted by Crippen LogP contribution is -2.35. The Bertz CT molecular complexity index is 566. The molecule has 4 rings (SSSR count). The fourth-order valence-corrected chi connectivity index (χ4v) is 5.92. The Morgan fingerprint density at radius 1 is 1.18 bits per heavy atom. The number of hydrogen-bond donors (Lipinski definition) is 0. The summed E-state index contributed by atoms with van der Waals surface area (Å²) in [6, 6.07) is 8.82. The summed E-state index contributed by atoms with van der Waals surface area (Å²) in [4.78, 5) is 0.457. The molecule has 1 aliphatic heterocycles. The summed E-state index contributed by atoms with van der Waals surface area (Å²) in [5.74, 6) is 0.330. The lowest BCUT2D eigenvalue weighted by molar-refractivity contribution is 0.363. The average Bonchev–Trinajstić information content (AvgIpc) is 3.20. The van der Waals surface area contributed by atoms with Crippen LogP contribution in [0.5, 0.6) is 0 Å². The normalized spacial score (nSPS) is 42.5. The van der Waals surface area contributed by atoms with Crippen molar-refractivity contribution in [3.8, 4) is 0 Å². The van der Waals surface area contributed by atoms with E-state index >= 15 is 0 Å². The molecular weight excluding hydrogens is 236 g/mol. The van der Waals surface area contributed by atoms with Crippen molar-refractivity contribution in [2.75, 3.05) is 0 Å². The molecule has 3 fully saturated rings. The second-order valence-electron chi connectivity index (χ2n) is 5.34. The first-order valence-electron chi connectivity index (χ1n) is 6.11. The summed E-state index contributed by atoms with van der Waals surface area (Å²) in [5.41, 5.74) is 0. The smallest absolute Gasteiger partial charge is 0.187 e. The monoisotopic (exact) mass is 250 g/mol. The van der Waals surface area contributed by atoms with E-state index in [9.17, 15) is 8.42 Å². The van der Waals surface area contributed by atoms with Crippen LogP contribution in [-0.4, -0.2) is 25.4 Å². The molecule has 4 atom stereocenters. The van der Waals surface area contributed by atoms with Gasteiger partial charge in [-0.25, -0.2) is 8.42 Å². The van der Waals surface area contributed by atoms with Gasteiger partial charge >= 0.3 is 0 Å². The summed E-state index contributed by atoms with van der Waals surface area (Å²) >= 11 is 0. The molecule has 0 spiro atoms. The summed E-state index contributed by atoms with van der Waals surface area (Å²) in [7, 11) is -3.22. The molecule has 2 saturated carbocycles. The minimum atomic E-state index is -3.22. The number of rotatable bonds is 2. The van der Waals surface area contributed by atoms with Crippen LogP contribution in [0.2, 0.25) is 0 Å². The van der Waals surface area contributed by atoms with Crippen LogP contribution in [0.4, 0.5) is 0 Å². The van der Waals surface area contributed by atoms with Gasteiger partial charge in [-0.1, -0.05) is 18.2 Å². The van der Waals surface area contributed by atoms with Crippen molar-refractivity contribution < 1.29 is 13.2 Å². The van der Waals surface area contributed by atoms with Gasteiger partial charge in [-0.05, 0) is 37.3 Å². The minimum Gasteiger partial charge on any atom is -0.368 e. The molecule has 0 unspecified atom stereocenters. The van der Waals surface area contributed by atoms with Crippen LogP contribution in [0.15, 0.2) is 35.2 Å². The van der Waals surface area contributed by atoms with Crippen molar-refractivity contribution >= 4 is 9.84 Å². The molecular formula is C13H14O3S. The summed E-state index contributed by atoms with van der Waals surface area (Å²) in [5, 5.41) is 0. The molecule has 0 bridgehead atoms. The number of epoxide rings is 1. The molecule has 0 N–H and O–H groups in total. The van der Waals surface area contributed by atoms with Crippen LogP contribution in [0.25, 0.3) is 0 Å². The van der Waals surface area contributed by atoms with Gasteiger partial charge in [0.2, 0.25) is 0 Å². The largest absolute Gasteiger partial charge is 0.368 e. The van der Waals surface area contributed by atoms with Gasteiger partial charge in [0.05, 0.1) is 11.0 Å². The highest BCUT2D eigenvalue weighted by atomic mass is 32.2. The molecule has 1 saturated heterocycles. The van der Waals surface area contributed by atoms with E-state index in [4.69, 9.17) is 4.74 Å². The maximum Gasteiger partial charge on any atom is 0.187 e. The van der Waals surface area contributed by atoms with Crippen LogP contribution in [0.3, 0.4) is 0 Å². The highest BCUT2D eigenvalue weighted by Crippen LogP contribution is 2.66. The predicted octanol–water partition coefficient (Wildman–Crippen LogP) is 1.78. The van der Waals surface area contributed by atoms with E-state index < -0.39 is 14.6 Å². The van der Waals surface area contributed by atoms with Crippen LogP contribution in [-0.2, 0) is 14.6 Å². The quantitative estimate of drug-likeness (QED) is 0.752. The molecule has 4 heteroatoms. The molecule has 1 heterocycles. The number of benzene rings is 1. The standard InChI is InChI=1S/C13H14O3S/c14-17(15,10-4-2-1-3-5-10)13-8-9(13)6-7-11-12(13)16-11/h1-5,9,11-12H,6-8H2/t9-,11-,12-,13-/m0/s1. The Labute approximate surface area is 101 Å². The van der Waals surface area contributed by atoms with Crippen LogP contribution in [0, 0.1) is 5.92 Å². The van der Waals surface area contributed by atoms with Crippen LogP contribution >= 0.6 is 0 Å². The Kier molecular flexibility index (Phi) is 1.74. The Morgan fingerprint density at radius 2 is 1.94 bits per heavy atom. The zero-order valence-corrected chi connectivity index (χ0v) is 10.2. The molecule has 0 radical (unpaired) electrons. The molecule has 1 aromatic rings. The third-order valence-electron chi connectivity index (χ3n) is 4.51. The van der Waals surface area contributed by atoms with Crippen molar-refractivity contribution in [1.82, 2.24) is 0 Å². The summed E-state index contributed by atoms with van der Waals surface area (Å²) < 4.78 is 30.4. The Balaban J connectivity index is 1.81. The zero-order valence-electron chi connectivity index (χ0n) is 9.37. The summed E-state index contributed by atoms with van der Waals surface area (Å²) in [6.45, 7) is 0. The molecule has 0 amide bonds. The number of fused-ring (bicyclic) bond motifs is 3. The fourth-order valence-electron chi connectivity index (χ4n) is 3.48. The minimum absolute atomic E-state index is 0.0218. The zero-order chi connectivity index (χ0) is 11.7. The van der Waals surface area contributed by atoms with Crippen molar-refractivity contribution in [3.05, 3.63) is 30.3 Å². The average molecular weight is 250 g/mol. The van der Waals surface area contributed by atoms with E-state index in [1.165, 1.54) is 0 Å². The third-order valence-corrected chi connectivity index (χ3v) is 7.14. The van der Waals surface area contributed by atoms with Gasteiger partial charge in [0.1, 0.15) is 10.9 Å². The maximum absolute atomic E-state index is 12.7. The van der Waals surface area contributed by atoms with Gasteiger partial charge < -0.3 is 4.74 Å². The van der Waals surface area contributed by atoms with E-state index in [1.54, 1.807) is 24.3 Å². The molecule has 3 aliphatic rings. The van der Waals surface area contributed by atoms with Gasteiger partial charge in [-0.2, -0.15) is 0 Å². The van der Waals surface area contributed by atoms with E-state index in [2.05, 4.69) is 0 Å². The highest BCUT2D eigenvalue weighted by Gasteiger charge is 2.76. The van der Waals surface area contributed by atoms with Crippen molar-refractivity contribution in [2.24, 2.45) is 5.92 Å². The van der Waals surface area contributed by atoms with Crippen molar-refractivity contribution in [1.29, 1.82) is 0 Å². The SMILES string of the molecule is O=S(=O)(c1ccccc1)[C@@]12C[C@@H]1CC[C@@H]1O[C@@H]12. The maximum atomic E-state index is 12.7. The highest BCUT2D eigenvalue weighted by molar-refractivity contribution is 7.93. The van der Waals surface area contributed by atoms with E-state index in [0.29, 0.717) is 10.8 Å². The predicted molar refractivity (Wildman–Crippen MR) is 62.4 cm³/mol. The number of sulfone groups is 1. The molecule has 17 heavy (non-hydrogen) atoms.